The second-order valence-corrected chi connectivity index (χ2v) is 7.74. The summed E-state index contributed by atoms with van der Waals surface area (Å²) in [5.74, 6) is 2.11. The van der Waals surface area contributed by atoms with Crippen molar-refractivity contribution in [1.82, 2.24) is 10.2 Å². The summed E-state index contributed by atoms with van der Waals surface area (Å²) < 4.78 is 5.90. The number of hydrogen-bond acceptors (Lipinski definition) is 3. The van der Waals surface area contributed by atoms with Crippen LogP contribution >= 0.6 is 0 Å². The normalized spacial score (nSPS) is 19.7. The molecular formula is C17H30N2O. The molecule has 0 aromatic carbocycles. The first-order chi connectivity index (χ1) is 9.17. The summed E-state index contributed by atoms with van der Waals surface area (Å²) in [6.45, 7) is 16.3. The van der Waals surface area contributed by atoms with Crippen LogP contribution in [0.1, 0.15) is 64.5 Å². The van der Waals surface area contributed by atoms with Gasteiger partial charge in [0.1, 0.15) is 11.5 Å². The van der Waals surface area contributed by atoms with Crippen molar-refractivity contribution in [3.63, 3.8) is 0 Å². The fraction of sp³-hybridized carbons (Fsp3) is 0.765. The lowest BCUT2D eigenvalue weighted by atomic mass is 10.0. The fourth-order valence-electron chi connectivity index (χ4n) is 2.85. The molecule has 1 aliphatic rings. The highest BCUT2D eigenvalue weighted by molar-refractivity contribution is 5.21. The molecule has 3 nitrogen and oxygen atoms in total. The molecule has 2 heterocycles. The number of furan rings is 1. The third-order valence-corrected chi connectivity index (χ3v) is 4.30. The van der Waals surface area contributed by atoms with Gasteiger partial charge in [-0.15, -0.1) is 0 Å². The number of likely N-dealkylation sites (tertiary alicyclic amines) is 1. The van der Waals surface area contributed by atoms with E-state index in [1.54, 1.807) is 0 Å². The summed E-state index contributed by atoms with van der Waals surface area (Å²) in [6.07, 6.45) is 2.60. The Morgan fingerprint density at radius 3 is 2.60 bits per heavy atom. The van der Waals surface area contributed by atoms with Crippen molar-refractivity contribution < 1.29 is 4.42 Å². The molecule has 0 amide bonds. The average molecular weight is 278 g/mol. The average Bonchev–Trinajstić information content (AvgIpc) is 2.80. The molecule has 1 fully saturated rings. The second-order valence-electron chi connectivity index (χ2n) is 7.74. The maximum atomic E-state index is 5.90. The summed E-state index contributed by atoms with van der Waals surface area (Å²) in [4.78, 5) is 2.58. The summed E-state index contributed by atoms with van der Waals surface area (Å²) >= 11 is 0. The van der Waals surface area contributed by atoms with E-state index in [1.807, 2.05) is 0 Å². The van der Waals surface area contributed by atoms with Crippen LogP contribution in [-0.4, -0.2) is 22.5 Å². The zero-order valence-corrected chi connectivity index (χ0v) is 14.0. The minimum Gasteiger partial charge on any atom is -0.465 e. The van der Waals surface area contributed by atoms with Crippen molar-refractivity contribution in [1.29, 1.82) is 0 Å². The van der Waals surface area contributed by atoms with E-state index in [4.69, 9.17) is 4.42 Å². The van der Waals surface area contributed by atoms with Crippen LogP contribution in [-0.2, 0) is 13.1 Å². The van der Waals surface area contributed by atoms with E-state index in [9.17, 15) is 0 Å². The maximum absolute atomic E-state index is 5.90. The van der Waals surface area contributed by atoms with Gasteiger partial charge in [-0.05, 0) is 67.0 Å². The Hall–Kier alpha value is -0.800. The van der Waals surface area contributed by atoms with Crippen LogP contribution in [0, 0.1) is 6.92 Å². The van der Waals surface area contributed by atoms with Crippen LogP contribution in [0.4, 0.5) is 0 Å². The van der Waals surface area contributed by atoms with Crippen LogP contribution in [0.15, 0.2) is 10.5 Å². The van der Waals surface area contributed by atoms with Gasteiger partial charge < -0.3 is 9.73 Å². The van der Waals surface area contributed by atoms with Crippen LogP contribution in [0.3, 0.4) is 0 Å². The van der Waals surface area contributed by atoms with Gasteiger partial charge in [-0.2, -0.15) is 0 Å². The quantitative estimate of drug-likeness (QED) is 0.907. The first-order valence-corrected chi connectivity index (χ1v) is 7.76. The Morgan fingerprint density at radius 1 is 1.35 bits per heavy atom. The van der Waals surface area contributed by atoms with Gasteiger partial charge in [-0.1, -0.05) is 0 Å². The van der Waals surface area contributed by atoms with Gasteiger partial charge in [0, 0.05) is 23.2 Å². The molecule has 1 N–H and O–H groups in total. The first kappa shape index (κ1) is 15.6. The molecule has 0 spiro atoms. The lowest BCUT2D eigenvalue weighted by Crippen LogP contribution is -2.37. The smallest absolute Gasteiger partial charge is 0.118 e. The Morgan fingerprint density at radius 2 is 2.05 bits per heavy atom. The van der Waals surface area contributed by atoms with E-state index in [2.05, 4.69) is 57.8 Å². The highest BCUT2D eigenvalue weighted by Crippen LogP contribution is 2.31. The molecule has 2 rings (SSSR count). The fourth-order valence-corrected chi connectivity index (χ4v) is 2.85. The molecule has 0 saturated carbocycles. The van der Waals surface area contributed by atoms with E-state index in [0.717, 1.165) is 24.6 Å². The minimum absolute atomic E-state index is 0.123. The number of hydrogen-bond donors (Lipinski definition) is 1. The molecule has 0 bridgehead atoms. The minimum atomic E-state index is 0.123. The highest BCUT2D eigenvalue weighted by atomic mass is 16.3. The number of aryl methyl sites for hydroxylation is 1. The molecule has 0 unspecified atom stereocenters. The molecule has 1 aromatic heterocycles. The molecule has 1 aliphatic heterocycles. The zero-order valence-electron chi connectivity index (χ0n) is 14.0. The number of nitrogens with zero attached hydrogens (tertiary/aromatic N) is 1. The third kappa shape index (κ3) is 3.86. The topological polar surface area (TPSA) is 28.4 Å². The van der Waals surface area contributed by atoms with Gasteiger partial charge in [0.15, 0.2) is 0 Å². The molecule has 0 atom stereocenters. The van der Waals surface area contributed by atoms with Crippen LogP contribution in [0.2, 0.25) is 0 Å². The van der Waals surface area contributed by atoms with E-state index >= 15 is 0 Å². The van der Waals surface area contributed by atoms with Crippen LogP contribution in [0.25, 0.3) is 0 Å². The highest BCUT2D eigenvalue weighted by Gasteiger charge is 2.32. The second kappa shape index (κ2) is 5.53. The molecule has 0 radical (unpaired) electrons. The van der Waals surface area contributed by atoms with Crippen molar-refractivity contribution in [3.05, 3.63) is 23.2 Å². The van der Waals surface area contributed by atoms with E-state index < -0.39 is 0 Å². The van der Waals surface area contributed by atoms with Gasteiger partial charge in [0.05, 0.1) is 6.54 Å². The predicted octanol–water partition coefficient (Wildman–Crippen LogP) is 3.85. The Bertz CT molecular complexity index is 454. The van der Waals surface area contributed by atoms with Gasteiger partial charge in [0.25, 0.3) is 0 Å². The van der Waals surface area contributed by atoms with Crippen LogP contribution in [0.5, 0.6) is 0 Å². The van der Waals surface area contributed by atoms with Crippen molar-refractivity contribution in [2.75, 3.05) is 6.54 Å². The molecule has 20 heavy (non-hydrogen) atoms. The molecule has 114 valence electrons. The van der Waals surface area contributed by atoms with Crippen molar-refractivity contribution in [2.24, 2.45) is 0 Å². The largest absolute Gasteiger partial charge is 0.465 e. The van der Waals surface area contributed by atoms with Gasteiger partial charge in [0.2, 0.25) is 0 Å². The summed E-state index contributed by atoms with van der Waals surface area (Å²) in [5.41, 5.74) is 1.79. The molecule has 1 saturated heterocycles. The monoisotopic (exact) mass is 278 g/mol. The molecule has 0 aliphatic carbocycles. The molecule has 3 heteroatoms. The summed E-state index contributed by atoms with van der Waals surface area (Å²) in [5, 5.41) is 3.48. The number of rotatable bonds is 4. The predicted molar refractivity (Wildman–Crippen MR) is 83.8 cm³/mol. The Balaban J connectivity index is 2.01. The van der Waals surface area contributed by atoms with Gasteiger partial charge in [-0.3, -0.25) is 4.90 Å². The molecular weight excluding hydrogens is 248 g/mol. The standard InChI is InChI=1S/C17H30N2O/c1-13-14(12-19-9-7-8-17(19,5)6)10-15(20-13)11-18-16(2,3)4/h10,18H,7-9,11-12H2,1-6H3. The SMILES string of the molecule is Cc1oc(CNC(C)(C)C)cc1CN1CCCC1(C)C. The van der Waals surface area contributed by atoms with Crippen LogP contribution < -0.4 is 5.32 Å². The lowest BCUT2D eigenvalue weighted by Gasteiger charge is -2.31. The summed E-state index contributed by atoms with van der Waals surface area (Å²) in [6, 6.07) is 2.22. The maximum Gasteiger partial charge on any atom is 0.118 e. The molecule has 1 aromatic rings. The van der Waals surface area contributed by atoms with Crippen molar-refractivity contribution >= 4 is 0 Å². The van der Waals surface area contributed by atoms with Crippen molar-refractivity contribution in [2.45, 2.75) is 78.6 Å². The van der Waals surface area contributed by atoms with E-state index in [0.29, 0.717) is 5.54 Å². The van der Waals surface area contributed by atoms with E-state index in [1.165, 1.54) is 24.9 Å². The van der Waals surface area contributed by atoms with Gasteiger partial charge in [-0.25, -0.2) is 0 Å². The number of nitrogens with one attached hydrogen (secondary N) is 1. The van der Waals surface area contributed by atoms with Crippen molar-refractivity contribution in [3.8, 4) is 0 Å². The zero-order chi connectivity index (χ0) is 15.0. The lowest BCUT2D eigenvalue weighted by molar-refractivity contribution is 0.165. The third-order valence-electron chi connectivity index (χ3n) is 4.30. The Labute approximate surface area is 123 Å². The van der Waals surface area contributed by atoms with E-state index in [-0.39, 0.29) is 5.54 Å². The van der Waals surface area contributed by atoms with Gasteiger partial charge >= 0.3 is 0 Å². The summed E-state index contributed by atoms with van der Waals surface area (Å²) in [7, 11) is 0. The Kier molecular flexibility index (Phi) is 4.31. The first-order valence-electron chi connectivity index (χ1n) is 7.76.